The minimum Gasteiger partial charge on any atom is -0.492 e. The average molecular weight is 452 g/mol. The molecule has 7 nitrogen and oxygen atoms in total. The van der Waals surface area contributed by atoms with Crippen LogP contribution in [0.25, 0.3) is 16.6 Å². The SMILES string of the molecule is COc1c(N2CCNCC2)c(F)cc2c(=O)c(C(=O)O)cn(-c3ccc(F)cc3)c12.Cl. The summed E-state index contributed by atoms with van der Waals surface area (Å²) in [6.07, 6.45) is 1.15. The highest BCUT2D eigenvalue weighted by Gasteiger charge is 2.26. The van der Waals surface area contributed by atoms with Gasteiger partial charge in [-0.1, -0.05) is 0 Å². The zero-order valence-electron chi connectivity index (χ0n) is 16.5. The number of benzene rings is 2. The molecule has 3 aromatic rings. The molecule has 1 aromatic heterocycles. The van der Waals surface area contributed by atoms with Crippen LogP contribution in [-0.2, 0) is 0 Å². The Hall–Kier alpha value is -3.17. The second-order valence-electron chi connectivity index (χ2n) is 6.90. The Labute approximate surface area is 182 Å². The van der Waals surface area contributed by atoms with Crippen molar-refractivity contribution < 1.29 is 23.4 Å². The van der Waals surface area contributed by atoms with E-state index in [0.29, 0.717) is 31.9 Å². The zero-order chi connectivity index (χ0) is 21.4. The number of halogens is 3. The van der Waals surface area contributed by atoms with Gasteiger partial charge in [-0.3, -0.25) is 4.79 Å². The summed E-state index contributed by atoms with van der Waals surface area (Å²) in [5.74, 6) is -2.47. The van der Waals surface area contributed by atoms with Crippen LogP contribution in [0, 0.1) is 11.6 Å². The van der Waals surface area contributed by atoms with Crippen molar-refractivity contribution in [1.82, 2.24) is 9.88 Å². The van der Waals surface area contributed by atoms with Crippen LogP contribution in [0.3, 0.4) is 0 Å². The quantitative estimate of drug-likeness (QED) is 0.634. The van der Waals surface area contributed by atoms with E-state index in [1.807, 2.05) is 4.90 Å². The summed E-state index contributed by atoms with van der Waals surface area (Å²) in [6, 6.07) is 6.36. The highest BCUT2D eigenvalue weighted by Crippen LogP contribution is 2.39. The topological polar surface area (TPSA) is 83.8 Å². The van der Waals surface area contributed by atoms with Crippen molar-refractivity contribution in [2.24, 2.45) is 0 Å². The van der Waals surface area contributed by atoms with Crippen LogP contribution < -0.4 is 20.4 Å². The smallest absolute Gasteiger partial charge is 0.341 e. The lowest BCUT2D eigenvalue weighted by atomic mass is 10.1. The standard InChI is InChI=1S/C21H19F2N3O4.ClH/c1-30-20-17-14(10-16(23)18(20)25-8-6-24-7-9-25)19(27)15(21(28)29)11-26(17)13-4-2-12(22)3-5-13;/h2-5,10-11,24H,6-9H2,1H3,(H,28,29);1H. The number of methoxy groups -OCH3 is 1. The van der Waals surface area contributed by atoms with Gasteiger partial charge in [0, 0.05) is 38.1 Å². The molecule has 1 saturated heterocycles. The molecule has 0 amide bonds. The molecule has 164 valence electrons. The van der Waals surface area contributed by atoms with Crippen molar-refractivity contribution in [2.45, 2.75) is 0 Å². The van der Waals surface area contributed by atoms with Gasteiger partial charge in [-0.15, -0.1) is 12.4 Å². The number of carboxylic acids is 1. The zero-order valence-corrected chi connectivity index (χ0v) is 17.3. The van der Waals surface area contributed by atoms with Crippen LogP contribution in [-0.4, -0.2) is 48.9 Å². The van der Waals surface area contributed by atoms with Crippen molar-refractivity contribution >= 4 is 35.0 Å². The molecule has 0 saturated carbocycles. The second-order valence-corrected chi connectivity index (χ2v) is 6.90. The van der Waals surface area contributed by atoms with E-state index in [0.717, 1.165) is 12.3 Å². The summed E-state index contributed by atoms with van der Waals surface area (Å²) in [5.41, 5.74) is -0.526. The first kappa shape index (κ1) is 22.5. The Morgan fingerprint density at radius 3 is 2.39 bits per heavy atom. The van der Waals surface area contributed by atoms with Gasteiger partial charge in [0.1, 0.15) is 22.6 Å². The predicted molar refractivity (Wildman–Crippen MR) is 115 cm³/mol. The molecular formula is C21H20ClF2N3O4. The highest BCUT2D eigenvalue weighted by atomic mass is 35.5. The fourth-order valence-corrected chi connectivity index (χ4v) is 3.75. The van der Waals surface area contributed by atoms with E-state index in [9.17, 15) is 19.1 Å². The maximum Gasteiger partial charge on any atom is 0.341 e. The number of carbonyl (C=O) groups is 1. The van der Waals surface area contributed by atoms with E-state index < -0.39 is 28.6 Å². The lowest BCUT2D eigenvalue weighted by molar-refractivity contribution is 0.0695. The molecule has 0 spiro atoms. The van der Waals surface area contributed by atoms with E-state index in [-0.39, 0.29) is 34.7 Å². The van der Waals surface area contributed by atoms with Crippen molar-refractivity contribution in [1.29, 1.82) is 0 Å². The first-order chi connectivity index (χ1) is 14.4. The molecular weight excluding hydrogens is 432 g/mol. The first-order valence-electron chi connectivity index (χ1n) is 9.33. The maximum absolute atomic E-state index is 15.2. The van der Waals surface area contributed by atoms with E-state index >= 15 is 4.39 Å². The van der Waals surface area contributed by atoms with Gasteiger partial charge in [0.05, 0.1) is 12.5 Å². The molecule has 10 heteroatoms. The number of fused-ring (bicyclic) bond motifs is 1. The molecule has 2 heterocycles. The number of rotatable bonds is 4. The van der Waals surface area contributed by atoms with Gasteiger partial charge in [-0.2, -0.15) is 0 Å². The highest BCUT2D eigenvalue weighted by molar-refractivity contribution is 5.97. The van der Waals surface area contributed by atoms with E-state index in [1.54, 1.807) is 0 Å². The van der Waals surface area contributed by atoms with Crippen molar-refractivity contribution in [2.75, 3.05) is 38.2 Å². The lowest BCUT2D eigenvalue weighted by Crippen LogP contribution is -2.44. The monoisotopic (exact) mass is 451 g/mol. The van der Waals surface area contributed by atoms with Crippen LogP contribution in [0.5, 0.6) is 5.75 Å². The number of anilines is 1. The van der Waals surface area contributed by atoms with Crippen molar-refractivity contribution in [3.8, 4) is 11.4 Å². The average Bonchev–Trinajstić information content (AvgIpc) is 2.74. The van der Waals surface area contributed by atoms with Crippen LogP contribution in [0.15, 0.2) is 41.3 Å². The van der Waals surface area contributed by atoms with Gasteiger partial charge in [0.25, 0.3) is 0 Å². The molecule has 0 bridgehead atoms. The molecule has 1 aliphatic rings. The van der Waals surface area contributed by atoms with Crippen LogP contribution >= 0.6 is 12.4 Å². The summed E-state index contributed by atoms with van der Waals surface area (Å²) in [7, 11) is 1.37. The molecule has 0 aliphatic carbocycles. The number of nitrogens with zero attached hydrogens (tertiary/aromatic N) is 2. The molecule has 0 unspecified atom stereocenters. The summed E-state index contributed by atoms with van der Waals surface area (Å²) in [6.45, 7) is 2.38. The van der Waals surface area contributed by atoms with E-state index in [1.165, 1.54) is 35.9 Å². The number of aromatic nitrogens is 1. The fourth-order valence-electron chi connectivity index (χ4n) is 3.75. The molecule has 0 atom stereocenters. The third-order valence-electron chi connectivity index (χ3n) is 5.14. The summed E-state index contributed by atoms with van der Waals surface area (Å²) < 4.78 is 35.6. The first-order valence-corrected chi connectivity index (χ1v) is 9.33. The number of piperazine rings is 1. The van der Waals surface area contributed by atoms with Gasteiger partial charge in [0.15, 0.2) is 11.6 Å². The Balaban J connectivity index is 0.00000272. The number of ether oxygens (including phenoxy) is 1. The number of aromatic carboxylic acids is 1. The number of nitrogens with one attached hydrogen (secondary N) is 1. The molecule has 4 rings (SSSR count). The normalized spacial score (nSPS) is 13.7. The van der Waals surface area contributed by atoms with Gasteiger partial charge in [-0.05, 0) is 30.3 Å². The lowest BCUT2D eigenvalue weighted by Gasteiger charge is -2.31. The molecule has 1 fully saturated rings. The second kappa shape index (κ2) is 8.91. The number of hydrogen-bond donors (Lipinski definition) is 2. The molecule has 31 heavy (non-hydrogen) atoms. The fraction of sp³-hybridized carbons (Fsp3) is 0.238. The maximum atomic E-state index is 15.2. The van der Waals surface area contributed by atoms with Crippen LogP contribution in [0.1, 0.15) is 10.4 Å². The largest absolute Gasteiger partial charge is 0.492 e. The Kier molecular flexibility index (Phi) is 6.47. The minimum absolute atomic E-state index is 0. The van der Waals surface area contributed by atoms with Gasteiger partial charge in [0.2, 0.25) is 5.43 Å². The van der Waals surface area contributed by atoms with Gasteiger partial charge in [-0.25, -0.2) is 13.6 Å². The van der Waals surface area contributed by atoms with Gasteiger partial charge >= 0.3 is 5.97 Å². The molecule has 2 N–H and O–H groups in total. The molecule has 0 radical (unpaired) electrons. The van der Waals surface area contributed by atoms with Crippen molar-refractivity contribution in [3.63, 3.8) is 0 Å². The number of pyridine rings is 1. The predicted octanol–water partition coefficient (Wildman–Crippen LogP) is 2.81. The summed E-state index contributed by atoms with van der Waals surface area (Å²) in [4.78, 5) is 26.3. The van der Waals surface area contributed by atoms with E-state index in [2.05, 4.69) is 5.32 Å². The molecule has 2 aromatic carbocycles. The third kappa shape index (κ3) is 3.94. The Bertz CT molecular complexity index is 1190. The van der Waals surface area contributed by atoms with Crippen LogP contribution in [0.2, 0.25) is 0 Å². The minimum atomic E-state index is -1.44. The Morgan fingerprint density at radius 1 is 1.16 bits per heavy atom. The van der Waals surface area contributed by atoms with Crippen molar-refractivity contribution in [3.05, 3.63) is 63.9 Å². The summed E-state index contributed by atoms with van der Waals surface area (Å²) >= 11 is 0. The third-order valence-corrected chi connectivity index (χ3v) is 5.14. The number of carboxylic acid groups (broad SMARTS) is 1. The van der Waals surface area contributed by atoms with Crippen LogP contribution in [0.4, 0.5) is 14.5 Å². The molecule has 1 aliphatic heterocycles. The number of hydrogen-bond acceptors (Lipinski definition) is 5. The Morgan fingerprint density at radius 2 is 1.81 bits per heavy atom. The van der Waals surface area contributed by atoms with E-state index in [4.69, 9.17) is 4.74 Å². The van der Waals surface area contributed by atoms with Gasteiger partial charge < -0.3 is 24.6 Å². The summed E-state index contributed by atoms with van der Waals surface area (Å²) in [5, 5.41) is 12.5.